The molecule has 0 spiro atoms. The third-order valence-electron chi connectivity index (χ3n) is 3.95. The number of thiazole rings is 1. The van der Waals surface area contributed by atoms with E-state index in [0.29, 0.717) is 12.1 Å². The average molecular weight is 281 g/mol. The number of hydrogen-bond donors (Lipinski definition) is 1. The van der Waals surface area contributed by atoms with Crippen molar-refractivity contribution in [1.29, 1.82) is 0 Å². The van der Waals surface area contributed by atoms with Crippen molar-refractivity contribution in [2.75, 3.05) is 11.9 Å². The Hall–Kier alpha value is -0.610. The molecule has 0 amide bonds. The van der Waals surface area contributed by atoms with E-state index in [1.165, 1.54) is 41.4 Å². The fraction of sp³-hybridized carbons (Fsp3) is 0.800. The quantitative estimate of drug-likeness (QED) is 0.864. The molecule has 1 aliphatic rings. The maximum atomic E-state index is 4.86. The van der Waals surface area contributed by atoms with Gasteiger partial charge in [0.2, 0.25) is 0 Å². The molecule has 3 nitrogen and oxygen atoms in total. The number of nitrogens with one attached hydrogen (secondary N) is 1. The zero-order valence-corrected chi connectivity index (χ0v) is 13.5. The van der Waals surface area contributed by atoms with Crippen LogP contribution in [0.4, 0.5) is 5.13 Å². The monoisotopic (exact) mass is 281 g/mol. The van der Waals surface area contributed by atoms with E-state index < -0.39 is 0 Å². The van der Waals surface area contributed by atoms with Gasteiger partial charge in [-0.2, -0.15) is 0 Å². The van der Waals surface area contributed by atoms with E-state index in [-0.39, 0.29) is 0 Å². The van der Waals surface area contributed by atoms with Gasteiger partial charge < -0.3 is 10.2 Å². The van der Waals surface area contributed by atoms with Crippen molar-refractivity contribution in [3.8, 4) is 0 Å². The minimum atomic E-state index is 0.530. The fourth-order valence-corrected chi connectivity index (χ4v) is 3.81. The molecule has 0 radical (unpaired) electrons. The van der Waals surface area contributed by atoms with Gasteiger partial charge in [-0.25, -0.2) is 4.98 Å². The second kappa shape index (κ2) is 6.71. The second-order valence-corrected chi connectivity index (χ2v) is 6.87. The summed E-state index contributed by atoms with van der Waals surface area (Å²) in [6.07, 6.45) is 6.45. The minimum absolute atomic E-state index is 0.530. The molecule has 2 rings (SSSR count). The van der Waals surface area contributed by atoms with Gasteiger partial charge in [-0.3, -0.25) is 0 Å². The fourth-order valence-electron chi connectivity index (χ4n) is 2.68. The van der Waals surface area contributed by atoms with Gasteiger partial charge in [0.25, 0.3) is 0 Å². The summed E-state index contributed by atoms with van der Waals surface area (Å²) in [7, 11) is 2.22. The Morgan fingerprint density at radius 1 is 1.37 bits per heavy atom. The topological polar surface area (TPSA) is 28.2 Å². The summed E-state index contributed by atoms with van der Waals surface area (Å²) < 4.78 is 0. The lowest BCUT2D eigenvalue weighted by Gasteiger charge is -2.23. The molecule has 1 fully saturated rings. The van der Waals surface area contributed by atoms with Crippen LogP contribution in [-0.4, -0.2) is 24.1 Å². The van der Waals surface area contributed by atoms with Crippen molar-refractivity contribution >= 4 is 16.5 Å². The third-order valence-corrected chi connectivity index (χ3v) is 5.14. The third kappa shape index (κ3) is 3.69. The Morgan fingerprint density at radius 3 is 2.63 bits per heavy atom. The van der Waals surface area contributed by atoms with Crippen molar-refractivity contribution in [1.82, 2.24) is 10.3 Å². The number of aromatic nitrogens is 1. The van der Waals surface area contributed by atoms with Crippen molar-refractivity contribution in [3.63, 3.8) is 0 Å². The highest BCUT2D eigenvalue weighted by atomic mass is 32.1. The Bertz CT molecular complexity index is 394. The van der Waals surface area contributed by atoms with Gasteiger partial charge in [-0.05, 0) is 19.3 Å². The van der Waals surface area contributed by atoms with Crippen LogP contribution in [0.2, 0.25) is 0 Å². The number of anilines is 1. The minimum Gasteiger partial charge on any atom is -0.348 e. The molecule has 0 bridgehead atoms. The van der Waals surface area contributed by atoms with Crippen LogP contribution >= 0.6 is 11.3 Å². The largest absolute Gasteiger partial charge is 0.348 e. The standard InChI is InChI=1S/C15H27N3S/c1-5-13-14(10-16-11(2)3)19-15(17-13)18(4)12-8-6-7-9-12/h11-12,16H,5-10H2,1-4H3. The highest BCUT2D eigenvalue weighted by Gasteiger charge is 2.23. The maximum absolute atomic E-state index is 4.86. The molecule has 1 N–H and O–H groups in total. The second-order valence-electron chi connectivity index (χ2n) is 5.80. The molecule has 4 heteroatoms. The van der Waals surface area contributed by atoms with Gasteiger partial charge in [-0.15, -0.1) is 11.3 Å². The molecule has 19 heavy (non-hydrogen) atoms. The molecule has 1 aromatic rings. The van der Waals surface area contributed by atoms with Crippen LogP contribution < -0.4 is 10.2 Å². The molecule has 0 saturated heterocycles. The first-order chi connectivity index (χ1) is 9.11. The predicted octanol–water partition coefficient (Wildman–Crippen LogP) is 3.58. The predicted molar refractivity (Wildman–Crippen MR) is 84.1 cm³/mol. The van der Waals surface area contributed by atoms with Crippen molar-refractivity contribution in [3.05, 3.63) is 10.6 Å². The summed E-state index contributed by atoms with van der Waals surface area (Å²) in [4.78, 5) is 8.68. The Morgan fingerprint density at radius 2 is 2.05 bits per heavy atom. The van der Waals surface area contributed by atoms with Crippen molar-refractivity contribution in [2.45, 2.75) is 71.5 Å². The van der Waals surface area contributed by atoms with Crippen molar-refractivity contribution < 1.29 is 0 Å². The van der Waals surface area contributed by atoms with E-state index in [1.807, 2.05) is 11.3 Å². The summed E-state index contributed by atoms with van der Waals surface area (Å²) in [6.45, 7) is 7.54. The molecular weight excluding hydrogens is 254 g/mol. The lowest BCUT2D eigenvalue weighted by Crippen LogP contribution is -2.28. The molecule has 0 aliphatic heterocycles. The Labute approximate surface area is 121 Å². The van der Waals surface area contributed by atoms with Gasteiger partial charge in [0.1, 0.15) is 0 Å². The summed E-state index contributed by atoms with van der Waals surface area (Å²) in [6, 6.07) is 1.24. The normalized spacial score (nSPS) is 16.5. The maximum Gasteiger partial charge on any atom is 0.185 e. The molecule has 1 aliphatic carbocycles. The molecule has 108 valence electrons. The summed E-state index contributed by atoms with van der Waals surface area (Å²) in [5.41, 5.74) is 1.28. The van der Waals surface area contributed by atoms with Crippen LogP contribution in [-0.2, 0) is 13.0 Å². The van der Waals surface area contributed by atoms with Crippen LogP contribution in [0.15, 0.2) is 0 Å². The summed E-state index contributed by atoms with van der Waals surface area (Å²) in [5.74, 6) is 0. The summed E-state index contributed by atoms with van der Waals surface area (Å²) in [5, 5.41) is 4.72. The molecule has 0 unspecified atom stereocenters. The SMILES string of the molecule is CCc1nc(N(C)C2CCCC2)sc1CNC(C)C. The summed E-state index contributed by atoms with van der Waals surface area (Å²) >= 11 is 1.87. The lowest BCUT2D eigenvalue weighted by molar-refractivity contribution is 0.590. The van der Waals surface area contributed by atoms with Gasteiger partial charge in [0.05, 0.1) is 5.69 Å². The highest BCUT2D eigenvalue weighted by molar-refractivity contribution is 7.15. The van der Waals surface area contributed by atoms with Gasteiger partial charge in [0, 0.05) is 30.6 Å². The number of hydrogen-bond acceptors (Lipinski definition) is 4. The Balaban J connectivity index is 2.08. The zero-order valence-electron chi connectivity index (χ0n) is 12.7. The molecule has 0 aromatic carbocycles. The van der Waals surface area contributed by atoms with Gasteiger partial charge in [0.15, 0.2) is 5.13 Å². The average Bonchev–Trinajstić information content (AvgIpc) is 3.04. The van der Waals surface area contributed by atoms with Crippen LogP contribution in [0, 0.1) is 0 Å². The van der Waals surface area contributed by atoms with E-state index in [4.69, 9.17) is 4.98 Å². The first-order valence-corrected chi connectivity index (χ1v) is 8.38. The van der Waals surface area contributed by atoms with Crippen LogP contribution in [0.1, 0.15) is 57.0 Å². The first kappa shape index (κ1) is 14.8. The smallest absolute Gasteiger partial charge is 0.185 e. The first-order valence-electron chi connectivity index (χ1n) is 7.56. The number of aryl methyl sites for hydroxylation is 1. The van der Waals surface area contributed by atoms with E-state index >= 15 is 0 Å². The Kier molecular flexibility index (Phi) is 5.22. The molecule has 1 aromatic heterocycles. The van der Waals surface area contributed by atoms with E-state index in [9.17, 15) is 0 Å². The van der Waals surface area contributed by atoms with Crippen molar-refractivity contribution in [2.24, 2.45) is 0 Å². The molecule has 0 atom stereocenters. The van der Waals surface area contributed by atoms with Crippen LogP contribution in [0.25, 0.3) is 0 Å². The van der Waals surface area contributed by atoms with Gasteiger partial charge in [-0.1, -0.05) is 33.6 Å². The lowest BCUT2D eigenvalue weighted by atomic mass is 10.2. The molecule has 1 heterocycles. The van der Waals surface area contributed by atoms with E-state index in [0.717, 1.165) is 13.0 Å². The van der Waals surface area contributed by atoms with E-state index in [1.54, 1.807) is 0 Å². The highest BCUT2D eigenvalue weighted by Crippen LogP contribution is 2.31. The van der Waals surface area contributed by atoms with Gasteiger partial charge >= 0.3 is 0 Å². The van der Waals surface area contributed by atoms with E-state index in [2.05, 4.69) is 38.0 Å². The zero-order chi connectivity index (χ0) is 13.8. The number of rotatable bonds is 6. The number of nitrogens with zero attached hydrogens (tertiary/aromatic N) is 2. The van der Waals surface area contributed by atoms with Crippen LogP contribution in [0.5, 0.6) is 0 Å². The molecule has 1 saturated carbocycles. The van der Waals surface area contributed by atoms with Crippen LogP contribution in [0.3, 0.4) is 0 Å². The molecular formula is C15H27N3S.